The van der Waals surface area contributed by atoms with Gasteiger partial charge in [0.15, 0.2) is 5.96 Å². The molecule has 6 heteroatoms. The average molecular weight is 376 g/mol. The minimum Gasteiger partial charge on any atom is -0.497 e. The molecule has 1 N–H and O–H groups in total. The van der Waals surface area contributed by atoms with Gasteiger partial charge < -0.3 is 24.4 Å². The zero-order valence-electron chi connectivity index (χ0n) is 16.7. The van der Waals surface area contributed by atoms with Gasteiger partial charge in [0.25, 0.3) is 0 Å². The molecule has 0 bridgehead atoms. The fourth-order valence-electron chi connectivity index (χ4n) is 3.77. The van der Waals surface area contributed by atoms with Gasteiger partial charge in [0, 0.05) is 33.3 Å². The molecule has 27 heavy (non-hydrogen) atoms. The minimum absolute atomic E-state index is 0.162. The first kappa shape index (κ1) is 20.0. The van der Waals surface area contributed by atoms with Gasteiger partial charge in [0.1, 0.15) is 11.9 Å². The van der Waals surface area contributed by atoms with Crippen LogP contribution in [0.4, 0.5) is 0 Å². The van der Waals surface area contributed by atoms with Crippen molar-refractivity contribution in [3.05, 3.63) is 29.8 Å². The summed E-state index contributed by atoms with van der Waals surface area (Å²) in [7, 11) is 3.56. The summed E-state index contributed by atoms with van der Waals surface area (Å²) in [5, 5.41) is 3.51. The molecule has 2 fully saturated rings. The Morgan fingerprint density at radius 3 is 2.70 bits per heavy atom. The molecule has 2 atom stereocenters. The summed E-state index contributed by atoms with van der Waals surface area (Å²) < 4.78 is 16.9. The molecule has 0 aliphatic carbocycles. The smallest absolute Gasteiger partial charge is 0.193 e. The number of nitrogens with zero attached hydrogens (tertiary/aromatic N) is 2. The first-order valence-corrected chi connectivity index (χ1v) is 10.1. The number of rotatable bonds is 7. The van der Waals surface area contributed by atoms with Gasteiger partial charge in [0.05, 0.1) is 19.8 Å². The van der Waals surface area contributed by atoms with Gasteiger partial charge in [-0.05, 0) is 49.8 Å². The van der Waals surface area contributed by atoms with Gasteiger partial charge in [-0.15, -0.1) is 0 Å². The number of nitrogens with one attached hydrogen (secondary N) is 1. The maximum Gasteiger partial charge on any atom is 0.193 e. The molecule has 3 rings (SSSR count). The van der Waals surface area contributed by atoms with Gasteiger partial charge in [0.2, 0.25) is 0 Å². The Morgan fingerprint density at radius 1 is 1.19 bits per heavy atom. The second-order valence-electron chi connectivity index (χ2n) is 7.19. The molecule has 0 radical (unpaired) electrons. The van der Waals surface area contributed by atoms with E-state index >= 15 is 0 Å². The summed E-state index contributed by atoms with van der Waals surface area (Å²) >= 11 is 0. The maximum atomic E-state index is 5.94. The van der Waals surface area contributed by atoms with E-state index in [1.807, 2.05) is 19.2 Å². The number of aryl methyl sites for hydroxylation is 1. The highest BCUT2D eigenvalue weighted by Gasteiger charge is 2.32. The van der Waals surface area contributed by atoms with Crippen LogP contribution in [0, 0.1) is 0 Å². The Labute approximate surface area is 162 Å². The van der Waals surface area contributed by atoms with Gasteiger partial charge in [-0.1, -0.05) is 12.1 Å². The lowest BCUT2D eigenvalue weighted by Gasteiger charge is -2.37. The highest BCUT2D eigenvalue weighted by Crippen LogP contribution is 2.21. The summed E-state index contributed by atoms with van der Waals surface area (Å²) in [6, 6.07) is 8.34. The van der Waals surface area contributed by atoms with Gasteiger partial charge in [-0.3, -0.25) is 4.99 Å². The topological polar surface area (TPSA) is 55.3 Å². The summed E-state index contributed by atoms with van der Waals surface area (Å²) in [5.74, 6) is 1.89. The zero-order chi connectivity index (χ0) is 18.9. The third kappa shape index (κ3) is 5.84. The van der Waals surface area contributed by atoms with E-state index in [2.05, 4.69) is 27.3 Å². The highest BCUT2D eigenvalue weighted by atomic mass is 16.5. The molecule has 0 amide bonds. The van der Waals surface area contributed by atoms with Crippen LogP contribution in [0.5, 0.6) is 5.75 Å². The number of aliphatic imine (C=N–C) groups is 1. The van der Waals surface area contributed by atoms with Crippen molar-refractivity contribution in [3.8, 4) is 5.75 Å². The van der Waals surface area contributed by atoms with Crippen LogP contribution < -0.4 is 10.1 Å². The summed E-state index contributed by atoms with van der Waals surface area (Å²) in [6.45, 7) is 4.28. The molecule has 0 spiro atoms. The van der Waals surface area contributed by atoms with E-state index in [1.165, 1.54) is 5.56 Å². The minimum atomic E-state index is 0.162. The van der Waals surface area contributed by atoms with Crippen molar-refractivity contribution in [3.63, 3.8) is 0 Å². The van der Waals surface area contributed by atoms with Crippen LogP contribution in [0.3, 0.4) is 0 Å². The molecule has 2 saturated heterocycles. The summed E-state index contributed by atoms with van der Waals surface area (Å²) in [6.07, 6.45) is 6.01. The number of methoxy groups -OCH3 is 1. The second-order valence-corrected chi connectivity index (χ2v) is 7.19. The zero-order valence-corrected chi connectivity index (χ0v) is 16.7. The Morgan fingerprint density at radius 2 is 2.00 bits per heavy atom. The number of hydrogen-bond acceptors (Lipinski definition) is 4. The fraction of sp³-hybridized carbons (Fsp3) is 0.667. The third-order valence-electron chi connectivity index (χ3n) is 5.32. The van der Waals surface area contributed by atoms with Crippen molar-refractivity contribution in [2.45, 2.75) is 44.3 Å². The molecule has 2 unspecified atom stereocenters. The third-order valence-corrected chi connectivity index (χ3v) is 5.32. The lowest BCUT2D eigenvalue weighted by Crippen LogP contribution is -2.53. The van der Waals surface area contributed by atoms with Crippen molar-refractivity contribution >= 4 is 5.96 Å². The van der Waals surface area contributed by atoms with E-state index in [4.69, 9.17) is 14.2 Å². The Balaban J connectivity index is 1.37. The van der Waals surface area contributed by atoms with Crippen molar-refractivity contribution < 1.29 is 14.2 Å². The standard InChI is InChI=1S/C21H33N3O3/c1-22-21(24-13-15-27-20(16-24)19-7-5-14-26-19)23-12-4-3-6-17-8-10-18(25-2)11-9-17/h8-11,19-20H,3-7,12-16H2,1-2H3,(H,22,23). The molecule has 1 aromatic rings. The summed E-state index contributed by atoms with van der Waals surface area (Å²) in [4.78, 5) is 6.77. The monoisotopic (exact) mass is 375 g/mol. The number of hydrogen-bond donors (Lipinski definition) is 1. The second kappa shape index (κ2) is 10.5. The Hall–Kier alpha value is -1.79. The quantitative estimate of drug-likeness (QED) is 0.451. The van der Waals surface area contributed by atoms with Gasteiger partial charge in [-0.2, -0.15) is 0 Å². The molecule has 0 saturated carbocycles. The number of benzene rings is 1. The van der Waals surface area contributed by atoms with E-state index in [-0.39, 0.29) is 12.2 Å². The van der Waals surface area contributed by atoms with Gasteiger partial charge >= 0.3 is 0 Å². The molecular weight excluding hydrogens is 342 g/mol. The molecule has 2 heterocycles. The average Bonchev–Trinajstić information content (AvgIpc) is 3.26. The first-order valence-electron chi connectivity index (χ1n) is 10.1. The van der Waals surface area contributed by atoms with Crippen molar-refractivity contribution in [2.75, 3.05) is 47.0 Å². The molecule has 0 aromatic heterocycles. The van der Waals surface area contributed by atoms with E-state index in [0.717, 1.165) is 76.7 Å². The van der Waals surface area contributed by atoms with Crippen molar-refractivity contribution in [2.24, 2.45) is 4.99 Å². The van der Waals surface area contributed by atoms with E-state index in [0.29, 0.717) is 0 Å². The lowest BCUT2D eigenvalue weighted by atomic mass is 10.1. The molecular formula is C21H33N3O3. The Kier molecular flexibility index (Phi) is 7.78. The van der Waals surface area contributed by atoms with Crippen LogP contribution in [0.2, 0.25) is 0 Å². The van der Waals surface area contributed by atoms with E-state index in [1.54, 1.807) is 7.11 Å². The largest absolute Gasteiger partial charge is 0.497 e. The Bertz CT molecular complexity index is 585. The number of ether oxygens (including phenoxy) is 3. The van der Waals surface area contributed by atoms with Crippen LogP contribution in [0.25, 0.3) is 0 Å². The first-order chi connectivity index (χ1) is 13.3. The van der Waals surface area contributed by atoms with Gasteiger partial charge in [-0.25, -0.2) is 0 Å². The number of unbranched alkanes of at least 4 members (excludes halogenated alkanes) is 1. The highest BCUT2D eigenvalue weighted by molar-refractivity contribution is 5.80. The number of morpholine rings is 1. The molecule has 6 nitrogen and oxygen atoms in total. The predicted molar refractivity (Wildman–Crippen MR) is 108 cm³/mol. The molecule has 150 valence electrons. The van der Waals surface area contributed by atoms with Crippen LogP contribution in [0.1, 0.15) is 31.2 Å². The van der Waals surface area contributed by atoms with Crippen molar-refractivity contribution in [1.29, 1.82) is 0 Å². The van der Waals surface area contributed by atoms with Crippen LogP contribution in [-0.2, 0) is 15.9 Å². The lowest BCUT2D eigenvalue weighted by molar-refractivity contribution is -0.0816. The molecule has 1 aromatic carbocycles. The molecule has 2 aliphatic rings. The SMILES string of the molecule is CN=C(NCCCCc1ccc(OC)cc1)N1CCOC(C2CCCO2)C1. The maximum absolute atomic E-state index is 5.94. The molecule has 2 aliphatic heterocycles. The number of guanidine groups is 1. The van der Waals surface area contributed by atoms with E-state index < -0.39 is 0 Å². The van der Waals surface area contributed by atoms with Crippen LogP contribution in [-0.4, -0.2) is 70.1 Å². The summed E-state index contributed by atoms with van der Waals surface area (Å²) in [5.41, 5.74) is 1.35. The normalized spacial score (nSPS) is 23.5. The van der Waals surface area contributed by atoms with E-state index in [9.17, 15) is 0 Å². The van der Waals surface area contributed by atoms with Crippen LogP contribution >= 0.6 is 0 Å². The fourth-order valence-corrected chi connectivity index (χ4v) is 3.77. The van der Waals surface area contributed by atoms with Crippen LogP contribution in [0.15, 0.2) is 29.3 Å². The van der Waals surface area contributed by atoms with Crippen molar-refractivity contribution in [1.82, 2.24) is 10.2 Å². The predicted octanol–water partition coefficient (Wildman–Crippen LogP) is 2.47.